The molecule has 1 aliphatic heterocycles. The van der Waals surface area contributed by atoms with Crippen molar-refractivity contribution in [1.82, 2.24) is 15.0 Å². The highest BCUT2D eigenvalue weighted by atomic mass is 16.5. The van der Waals surface area contributed by atoms with E-state index in [-0.39, 0.29) is 12.6 Å². The first-order chi connectivity index (χ1) is 9.63. The minimum absolute atomic E-state index is 0.0731. The Labute approximate surface area is 115 Å². The van der Waals surface area contributed by atoms with Gasteiger partial charge in [0.15, 0.2) is 11.9 Å². The molecule has 1 aromatic rings. The number of esters is 1. The monoisotopic (exact) mass is 285 g/mol. The van der Waals surface area contributed by atoms with Crippen molar-refractivity contribution >= 4 is 5.97 Å². The molecule has 2 N–H and O–H groups in total. The number of hydrogen-bond donors (Lipinski definition) is 2. The van der Waals surface area contributed by atoms with Crippen molar-refractivity contribution in [2.24, 2.45) is 0 Å². The molecule has 0 aromatic carbocycles. The van der Waals surface area contributed by atoms with Crippen LogP contribution in [0.4, 0.5) is 0 Å². The minimum atomic E-state index is -1.20. The van der Waals surface area contributed by atoms with Crippen molar-refractivity contribution < 1.29 is 19.2 Å². The number of aryl methyl sites for hydroxylation is 1. The summed E-state index contributed by atoms with van der Waals surface area (Å²) >= 11 is 0. The molecule has 0 amide bonds. The SMILES string of the molecule is COC(=O)C(O)CNCC1CCCCc2noc(=O)n21. The van der Waals surface area contributed by atoms with Crippen LogP contribution in [0.5, 0.6) is 0 Å². The third-order valence-electron chi connectivity index (χ3n) is 3.45. The first-order valence-corrected chi connectivity index (χ1v) is 6.67. The second kappa shape index (κ2) is 6.67. The fourth-order valence-corrected chi connectivity index (χ4v) is 2.40. The van der Waals surface area contributed by atoms with E-state index in [0.717, 1.165) is 25.7 Å². The molecule has 0 spiro atoms. The molecule has 8 heteroatoms. The molecule has 0 aliphatic carbocycles. The molecule has 0 bridgehead atoms. The first-order valence-electron chi connectivity index (χ1n) is 6.67. The number of fused-ring (bicyclic) bond motifs is 1. The van der Waals surface area contributed by atoms with Gasteiger partial charge < -0.3 is 15.2 Å². The van der Waals surface area contributed by atoms with Crippen LogP contribution in [0.25, 0.3) is 0 Å². The molecule has 2 atom stereocenters. The number of ether oxygens (including phenoxy) is 1. The molecule has 0 fully saturated rings. The summed E-state index contributed by atoms with van der Waals surface area (Å²) in [7, 11) is 1.22. The second-order valence-corrected chi connectivity index (χ2v) is 4.83. The fraction of sp³-hybridized carbons (Fsp3) is 0.750. The summed E-state index contributed by atoms with van der Waals surface area (Å²) in [6.07, 6.45) is 2.31. The zero-order valence-corrected chi connectivity index (χ0v) is 11.4. The van der Waals surface area contributed by atoms with Crippen LogP contribution in [0.1, 0.15) is 31.1 Å². The highest BCUT2D eigenvalue weighted by molar-refractivity contribution is 5.74. The van der Waals surface area contributed by atoms with Crippen LogP contribution < -0.4 is 11.1 Å². The lowest BCUT2D eigenvalue weighted by Gasteiger charge is -2.17. The van der Waals surface area contributed by atoms with Crippen LogP contribution in [0, 0.1) is 0 Å². The average molecular weight is 285 g/mol. The van der Waals surface area contributed by atoms with E-state index >= 15 is 0 Å². The van der Waals surface area contributed by atoms with Gasteiger partial charge in [-0.2, -0.15) is 0 Å². The third kappa shape index (κ3) is 3.26. The second-order valence-electron chi connectivity index (χ2n) is 4.83. The smallest absolute Gasteiger partial charge is 0.441 e. The largest absolute Gasteiger partial charge is 0.467 e. The third-order valence-corrected chi connectivity index (χ3v) is 3.45. The van der Waals surface area contributed by atoms with Crippen molar-refractivity contribution in [2.75, 3.05) is 20.2 Å². The van der Waals surface area contributed by atoms with E-state index in [4.69, 9.17) is 4.52 Å². The van der Waals surface area contributed by atoms with Crippen molar-refractivity contribution in [1.29, 1.82) is 0 Å². The van der Waals surface area contributed by atoms with Gasteiger partial charge in [0, 0.05) is 19.5 Å². The van der Waals surface area contributed by atoms with Crippen LogP contribution in [-0.2, 0) is 16.0 Å². The number of nitrogens with zero attached hydrogens (tertiary/aromatic N) is 2. The van der Waals surface area contributed by atoms with Crippen molar-refractivity contribution in [3.8, 4) is 0 Å². The Morgan fingerprint density at radius 2 is 2.45 bits per heavy atom. The molecule has 0 radical (unpaired) electrons. The Kier molecular flexibility index (Phi) is 4.91. The molecule has 8 nitrogen and oxygen atoms in total. The number of carbonyl (C=O) groups excluding carboxylic acids is 1. The zero-order chi connectivity index (χ0) is 14.5. The van der Waals surface area contributed by atoms with E-state index in [9.17, 15) is 14.7 Å². The molecular weight excluding hydrogens is 266 g/mol. The van der Waals surface area contributed by atoms with E-state index < -0.39 is 17.8 Å². The maximum atomic E-state index is 11.7. The molecule has 20 heavy (non-hydrogen) atoms. The summed E-state index contributed by atoms with van der Waals surface area (Å²) in [4.78, 5) is 22.7. The van der Waals surface area contributed by atoms with Gasteiger partial charge in [0.2, 0.25) is 0 Å². The van der Waals surface area contributed by atoms with Gasteiger partial charge in [-0.1, -0.05) is 11.6 Å². The van der Waals surface area contributed by atoms with Gasteiger partial charge in [-0.3, -0.25) is 9.09 Å². The number of methoxy groups -OCH3 is 1. The van der Waals surface area contributed by atoms with Crippen molar-refractivity contribution in [2.45, 2.75) is 37.8 Å². The predicted molar refractivity (Wildman–Crippen MR) is 68.2 cm³/mol. The van der Waals surface area contributed by atoms with Gasteiger partial charge in [0.1, 0.15) is 0 Å². The molecule has 2 heterocycles. The standard InChI is InChI=1S/C12H19N3O5/c1-19-11(17)9(16)7-13-6-8-4-2-3-5-10-14-20-12(18)15(8)10/h8-9,13,16H,2-7H2,1H3. The van der Waals surface area contributed by atoms with Crippen LogP contribution in [-0.4, -0.2) is 47.1 Å². The molecule has 1 aliphatic rings. The van der Waals surface area contributed by atoms with Gasteiger partial charge in [-0.15, -0.1) is 0 Å². The summed E-state index contributed by atoms with van der Waals surface area (Å²) in [6.45, 7) is 0.542. The summed E-state index contributed by atoms with van der Waals surface area (Å²) in [5.41, 5.74) is 0. The number of carbonyl (C=O) groups is 1. The molecule has 2 rings (SSSR count). The van der Waals surface area contributed by atoms with E-state index in [2.05, 4.69) is 15.2 Å². The fourth-order valence-electron chi connectivity index (χ4n) is 2.40. The predicted octanol–water partition coefficient (Wildman–Crippen LogP) is -0.773. The lowest BCUT2D eigenvalue weighted by atomic mass is 10.1. The number of aliphatic hydroxyl groups is 1. The van der Waals surface area contributed by atoms with Gasteiger partial charge >= 0.3 is 11.7 Å². The van der Waals surface area contributed by atoms with E-state index in [0.29, 0.717) is 12.4 Å². The summed E-state index contributed by atoms with van der Waals surface area (Å²) in [5.74, 6) is -0.476. The molecule has 0 saturated heterocycles. The summed E-state index contributed by atoms with van der Waals surface area (Å²) < 4.78 is 10.7. The number of nitrogens with one attached hydrogen (secondary N) is 1. The molecule has 0 saturated carbocycles. The molecular formula is C12H19N3O5. The lowest BCUT2D eigenvalue weighted by molar-refractivity contribution is -0.150. The van der Waals surface area contributed by atoms with E-state index in [1.807, 2.05) is 0 Å². The van der Waals surface area contributed by atoms with Crippen LogP contribution in [0.15, 0.2) is 9.32 Å². The zero-order valence-electron chi connectivity index (χ0n) is 11.4. The maximum Gasteiger partial charge on any atom is 0.441 e. The number of aromatic nitrogens is 2. The van der Waals surface area contributed by atoms with Gasteiger partial charge in [0.25, 0.3) is 0 Å². The Bertz CT molecular complexity index is 509. The molecule has 1 aromatic heterocycles. The Morgan fingerprint density at radius 1 is 1.65 bits per heavy atom. The number of rotatable bonds is 5. The number of hydrogen-bond acceptors (Lipinski definition) is 7. The molecule has 112 valence electrons. The van der Waals surface area contributed by atoms with Crippen LogP contribution >= 0.6 is 0 Å². The lowest BCUT2D eigenvalue weighted by Crippen LogP contribution is -2.38. The highest BCUT2D eigenvalue weighted by Crippen LogP contribution is 2.20. The van der Waals surface area contributed by atoms with Gasteiger partial charge in [-0.05, 0) is 12.8 Å². The average Bonchev–Trinajstić information content (AvgIpc) is 2.69. The Morgan fingerprint density at radius 3 is 3.20 bits per heavy atom. The minimum Gasteiger partial charge on any atom is -0.467 e. The Hall–Kier alpha value is -1.67. The topological polar surface area (TPSA) is 107 Å². The van der Waals surface area contributed by atoms with Crippen LogP contribution in [0.2, 0.25) is 0 Å². The number of aliphatic hydroxyl groups excluding tert-OH is 1. The first kappa shape index (κ1) is 14.7. The van der Waals surface area contributed by atoms with E-state index in [1.54, 1.807) is 4.57 Å². The summed E-state index contributed by atoms with van der Waals surface area (Å²) in [6, 6.07) is -0.0731. The van der Waals surface area contributed by atoms with Crippen molar-refractivity contribution in [3.63, 3.8) is 0 Å². The highest BCUT2D eigenvalue weighted by Gasteiger charge is 2.23. The quantitative estimate of drug-likeness (QED) is 0.684. The van der Waals surface area contributed by atoms with Crippen molar-refractivity contribution in [3.05, 3.63) is 16.4 Å². The normalized spacial score (nSPS) is 20.0. The Balaban J connectivity index is 1.94. The van der Waals surface area contributed by atoms with Crippen LogP contribution in [0.3, 0.4) is 0 Å². The summed E-state index contributed by atoms with van der Waals surface area (Å²) in [5, 5.41) is 16.2. The van der Waals surface area contributed by atoms with E-state index in [1.165, 1.54) is 7.11 Å². The molecule has 2 unspecified atom stereocenters. The van der Waals surface area contributed by atoms with Gasteiger partial charge in [-0.25, -0.2) is 9.59 Å². The maximum absolute atomic E-state index is 11.7. The van der Waals surface area contributed by atoms with Gasteiger partial charge in [0.05, 0.1) is 13.2 Å².